The zero-order valence-electron chi connectivity index (χ0n) is 15.9. The van der Waals surface area contributed by atoms with Crippen molar-refractivity contribution < 1.29 is 31.1 Å². The van der Waals surface area contributed by atoms with Crippen LogP contribution in [0, 0.1) is 5.41 Å². The molecule has 0 unspecified atom stereocenters. The molecule has 0 radical (unpaired) electrons. The summed E-state index contributed by atoms with van der Waals surface area (Å²) in [5.74, 6) is -2.22. The molecule has 1 aliphatic carbocycles. The normalized spacial score (nSPS) is 21.2. The minimum Gasteiger partial charge on any atom is -0.342 e. The lowest BCUT2D eigenvalue weighted by molar-refractivity contribution is -0.142. The summed E-state index contributed by atoms with van der Waals surface area (Å²) in [6, 6.07) is 4.40. The second-order valence-electron chi connectivity index (χ2n) is 8.33. The number of anilines is 1. The molecule has 10 heteroatoms. The van der Waals surface area contributed by atoms with Gasteiger partial charge >= 0.3 is 12.4 Å². The topological polar surface area (TPSA) is 57.8 Å². The highest BCUT2D eigenvalue weighted by Gasteiger charge is 2.49. The molecule has 0 amide bonds. The van der Waals surface area contributed by atoms with Crippen molar-refractivity contribution in [1.82, 2.24) is 10.2 Å². The van der Waals surface area contributed by atoms with Crippen molar-refractivity contribution in [2.24, 2.45) is 5.41 Å². The smallest absolute Gasteiger partial charge is 0.342 e. The quantitative estimate of drug-likeness (QED) is 0.576. The van der Waals surface area contributed by atoms with E-state index in [0.717, 1.165) is 18.2 Å². The SMILES string of the molecule is CC1(C)CC(=O)C2=C(C1)Nc1n[nH]c(C(F)(F)F)c1[C@@H]2c1ccccc1C(F)(F)F. The maximum Gasteiger partial charge on any atom is 0.433 e. The third-order valence-corrected chi connectivity index (χ3v) is 5.43. The molecule has 2 N–H and O–H groups in total. The average Bonchev–Trinajstić information content (AvgIpc) is 3.02. The number of hydrogen-bond acceptors (Lipinski definition) is 3. The first kappa shape index (κ1) is 20.5. The molecule has 0 saturated heterocycles. The standard InChI is InChI=1S/C20H17F6N3O/c1-18(2)7-11-14(12(30)8-18)13(9-5-3-4-6-10(9)19(21,22)23)15-16(20(24,25)26)28-29-17(15)27-11/h3-6,13H,7-8H2,1-2H3,(H2,27,28,29)/t13-/m1/s1. The fraction of sp³-hybridized carbons (Fsp3) is 0.400. The number of halogens is 6. The number of carbonyl (C=O) groups is 1. The van der Waals surface area contributed by atoms with E-state index in [2.05, 4.69) is 10.4 Å². The lowest BCUT2D eigenvalue weighted by Crippen LogP contribution is -2.34. The van der Waals surface area contributed by atoms with E-state index in [1.165, 1.54) is 6.07 Å². The van der Waals surface area contributed by atoms with Crippen LogP contribution in [0.4, 0.5) is 32.2 Å². The summed E-state index contributed by atoms with van der Waals surface area (Å²) in [7, 11) is 0. The molecule has 1 aliphatic heterocycles. The number of nitrogens with zero attached hydrogens (tertiary/aromatic N) is 1. The molecule has 4 rings (SSSR count). The van der Waals surface area contributed by atoms with Crippen LogP contribution in [0.1, 0.15) is 55.0 Å². The highest BCUT2D eigenvalue weighted by molar-refractivity contribution is 6.01. The molecule has 30 heavy (non-hydrogen) atoms. The first-order valence-electron chi connectivity index (χ1n) is 9.14. The lowest BCUT2D eigenvalue weighted by atomic mass is 9.68. The van der Waals surface area contributed by atoms with Gasteiger partial charge in [0.2, 0.25) is 0 Å². The number of alkyl halides is 6. The number of aromatic amines is 1. The number of ketones is 1. The van der Waals surface area contributed by atoms with Gasteiger partial charge in [-0.05, 0) is 23.5 Å². The van der Waals surface area contributed by atoms with Crippen LogP contribution in [-0.2, 0) is 17.1 Å². The van der Waals surface area contributed by atoms with E-state index in [0.29, 0.717) is 12.1 Å². The fourth-order valence-electron chi connectivity index (χ4n) is 4.33. The van der Waals surface area contributed by atoms with Crippen LogP contribution in [0.2, 0.25) is 0 Å². The van der Waals surface area contributed by atoms with Gasteiger partial charge in [-0.1, -0.05) is 32.0 Å². The maximum absolute atomic E-state index is 13.7. The van der Waals surface area contributed by atoms with E-state index in [4.69, 9.17) is 0 Å². The van der Waals surface area contributed by atoms with E-state index in [1.807, 2.05) is 18.9 Å². The molecule has 1 aromatic heterocycles. The summed E-state index contributed by atoms with van der Waals surface area (Å²) in [6.07, 6.45) is -9.37. The van der Waals surface area contributed by atoms with Gasteiger partial charge in [-0.25, -0.2) is 0 Å². The van der Waals surface area contributed by atoms with Crippen molar-refractivity contribution >= 4 is 11.6 Å². The molecule has 160 valence electrons. The van der Waals surface area contributed by atoms with Crippen molar-refractivity contribution in [2.45, 2.75) is 45.0 Å². The molecular formula is C20H17F6N3O. The van der Waals surface area contributed by atoms with Crippen molar-refractivity contribution in [1.29, 1.82) is 0 Å². The van der Waals surface area contributed by atoms with Crippen molar-refractivity contribution in [3.63, 3.8) is 0 Å². The zero-order valence-corrected chi connectivity index (χ0v) is 15.9. The summed E-state index contributed by atoms with van der Waals surface area (Å²) in [5.41, 5.74) is -3.49. The number of carbonyl (C=O) groups excluding carboxylic acids is 1. The third-order valence-electron chi connectivity index (χ3n) is 5.43. The summed E-state index contributed by atoms with van der Waals surface area (Å²) < 4.78 is 82.1. The molecule has 2 heterocycles. The fourth-order valence-corrected chi connectivity index (χ4v) is 4.33. The highest BCUT2D eigenvalue weighted by Crippen LogP contribution is 2.53. The maximum atomic E-state index is 13.7. The zero-order chi connectivity index (χ0) is 22.1. The Bertz CT molecular complexity index is 1060. The first-order valence-corrected chi connectivity index (χ1v) is 9.14. The van der Waals surface area contributed by atoms with Crippen LogP contribution in [-0.4, -0.2) is 16.0 Å². The minimum absolute atomic E-state index is 0.0206. The number of aromatic nitrogens is 2. The Hall–Kier alpha value is -2.78. The minimum atomic E-state index is -4.89. The second-order valence-corrected chi connectivity index (χ2v) is 8.33. The van der Waals surface area contributed by atoms with Crippen molar-refractivity contribution in [3.05, 3.63) is 57.9 Å². The average molecular weight is 429 g/mol. The van der Waals surface area contributed by atoms with Gasteiger partial charge in [0.25, 0.3) is 0 Å². The molecular weight excluding hydrogens is 412 g/mol. The van der Waals surface area contributed by atoms with Crippen LogP contribution in [0.5, 0.6) is 0 Å². The van der Waals surface area contributed by atoms with E-state index in [9.17, 15) is 31.1 Å². The number of H-pyrrole nitrogens is 1. The van der Waals surface area contributed by atoms with Crippen LogP contribution in [0.3, 0.4) is 0 Å². The van der Waals surface area contributed by atoms with Gasteiger partial charge in [0.15, 0.2) is 11.6 Å². The van der Waals surface area contributed by atoms with Gasteiger partial charge in [0, 0.05) is 29.2 Å². The molecule has 0 saturated carbocycles. The van der Waals surface area contributed by atoms with E-state index >= 15 is 0 Å². The molecule has 0 spiro atoms. The van der Waals surface area contributed by atoms with Crippen LogP contribution < -0.4 is 5.32 Å². The number of benzene rings is 1. The largest absolute Gasteiger partial charge is 0.433 e. The third kappa shape index (κ3) is 3.27. The predicted octanol–water partition coefficient (Wildman–Crippen LogP) is 5.65. The van der Waals surface area contributed by atoms with Crippen molar-refractivity contribution in [2.75, 3.05) is 5.32 Å². The van der Waals surface area contributed by atoms with E-state index in [1.54, 1.807) is 0 Å². The predicted molar refractivity (Wildman–Crippen MR) is 95.5 cm³/mol. The molecule has 0 fully saturated rings. The Balaban J connectivity index is 2.03. The molecule has 4 nitrogen and oxygen atoms in total. The van der Waals surface area contributed by atoms with Gasteiger partial charge in [-0.2, -0.15) is 31.4 Å². The summed E-state index contributed by atoms with van der Waals surface area (Å²) in [4.78, 5) is 13.0. The molecule has 2 aromatic rings. The molecule has 2 aliphatic rings. The number of nitrogens with one attached hydrogen (secondary N) is 2. The van der Waals surface area contributed by atoms with Gasteiger partial charge in [-0.3, -0.25) is 9.89 Å². The number of rotatable bonds is 1. The Kier molecular flexibility index (Phi) is 4.34. The van der Waals surface area contributed by atoms with E-state index in [-0.39, 0.29) is 17.8 Å². The molecule has 0 bridgehead atoms. The lowest BCUT2D eigenvalue weighted by Gasteiger charge is -2.38. The van der Waals surface area contributed by atoms with Crippen LogP contribution in [0.15, 0.2) is 35.5 Å². The number of hydrogen-bond donors (Lipinski definition) is 2. The van der Waals surface area contributed by atoms with Crippen LogP contribution >= 0.6 is 0 Å². The summed E-state index contributed by atoms with van der Waals surface area (Å²) in [6.45, 7) is 3.63. The van der Waals surface area contributed by atoms with Gasteiger partial charge in [0.1, 0.15) is 5.69 Å². The molecule has 1 aromatic carbocycles. The number of allylic oxidation sites excluding steroid dienone is 2. The van der Waals surface area contributed by atoms with Gasteiger partial charge < -0.3 is 5.32 Å². The Morgan fingerprint density at radius 1 is 1.03 bits per heavy atom. The Labute approximate surface area is 167 Å². The summed E-state index contributed by atoms with van der Waals surface area (Å²) in [5, 5.41) is 8.34. The first-order chi connectivity index (χ1) is 13.8. The second kappa shape index (κ2) is 6.36. The molecule has 1 atom stereocenters. The van der Waals surface area contributed by atoms with Crippen molar-refractivity contribution in [3.8, 4) is 0 Å². The van der Waals surface area contributed by atoms with E-state index < -0.39 is 51.9 Å². The Morgan fingerprint density at radius 3 is 2.33 bits per heavy atom. The van der Waals surface area contributed by atoms with Gasteiger partial charge in [-0.15, -0.1) is 0 Å². The Morgan fingerprint density at radius 2 is 1.70 bits per heavy atom. The summed E-state index contributed by atoms with van der Waals surface area (Å²) >= 11 is 0. The number of fused-ring (bicyclic) bond motifs is 1. The van der Waals surface area contributed by atoms with Crippen LogP contribution in [0.25, 0.3) is 0 Å². The van der Waals surface area contributed by atoms with Gasteiger partial charge in [0.05, 0.1) is 5.56 Å². The monoisotopic (exact) mass is 429 g/mol. The highest BCUT2D eigenvalue weighted by atomic mass is 19.4. The number of Topliss-reactive ketones (excluding diaryl/α,β-unsaturated/α-hetero) is 1.